The molecule has 1 amide bonds. The maximum absolute atomic E-state index is 12.5. The largest absolute Gasteiger partial charge is 0.314 e. The summed E-state index contributed by atoms with van der Waals surface area (Å²) in [6.45, 7) is 7.61. The van der Waals surface area contributed by atoms with Crippen molar-refractivity contribution in [3.05, 3.63) is 42.5 Å². The first-order valence-corrected chi connectivity index (χ1v) is 7.65. The van der Waals surface area contributed by atoms with E-state index in [4.69, 9.17) is 0 Å². The highest BCUT2D eigenvalue weighted by Gasteiger charge is 2.15. The van der Waals surface area contributed by atoms with Crippen molar-refractivity contribution in [1.82, 2.24) is 5.32 Å². The maximum atomic E-state index is 12.5. The van der Waals surface area contributed by atoms with Gasteiger partial charge < -0.3 is 10.2 Å². The maximum Gasteiger partial charge on any atom is 0.228 e. The van der Waals surface area contributed by atoms with E-state index in [1.807, 2.05) is 36.1 Å². The van der Waals surface area contributed by atoms with Gasteiger partial charge in [0, 0.05) is 30.9 Å². The van der Waals surface area contributed by atoms with E-state index in [9.17, 15) is 4.79 Å². The average Bonchev–Trinajstić information content (AvgIpc) is 2.48. The van der Waals surface area contributed by atoms with E-state index in [0.717, 1.165) is 17.6 Å². The number of nitrogens with zero attached hydrogens (tertiary/aromatic N) is 1. The Balaban J connectivity index is 2.21. The minimum Gasteiger partial charge on any atom is -0.314 e. The van der Waals surface area contributed by atoms with Gasteiger partial charge >= 0.3 is 0 Å². The van der Waals surface area contributed by atoms with Gasteiger partial charge in [-0.05, 0) is 18.4 Å². The highest BCUT2D eigenvalue weighted by Crippen LogP contribution is 2.26. The van der Waals surface area contributed by atoms with E-state index < -0.39 is 0 Å². The van der Waals surface area contributed by atoms with Gasteiger partial charge in [-0.15, -0.1) is 0 Å². The number of amides is 1. The summed E-state index contributed by atoms with van der Waals surface area (Å²) in [7, 11) is 0. The van der Waals surface area contributed by atoms with E-state index in [0.29, 0.717) is 19.0 Å². The Morgan fingerprint density at radius 1 is 1.14 bits per heavy atom. The molecule has 0 unspecified atom stereocenters. The molecule has 0 aliphatic rings. The zero-order chi connectivity index (χ0) is 15.2. The third-order valence-electron chi connectivity index (χ3n) is 3.57. The molecule has 0 saturated carbocycles. The van der Waals surface area contributed by atoms with E-state index >= 15 is 0 Å². The number of hydrogen-bond acceptors (Lipinski definition) is 2. The summed E-state index contributed by atoms with van der Waals surface area (Å²) in [5.41, 5.74) is 1.00. The molecule has 2 rings (SSSR count). The molecule has 3 heteroatoms. The van der Waals surface area contributed by atoms with Crippen molar-refractivity contribution in [3.8, 4) is 0 Å². The number of benzene rings is 2. The smallest absolute Gasteiger partial charge is 0.228 e. The molecule has 112 valence electrons. The third kappa shape index (κ3) is 3.82. The Labute approximate surface area is 127 Å². The molecule has 0 aromatic heterocycles. The third-order valence-corrected chi connectivity index (χ3v) is 3.57. The molecule has 1 N–H and O–H groups in total. The molecule has 0 saturated heterocycles. The molecule has 21 heavy (non-hydrogen) atoms. The molecule has 0 spiro atoms. The molecule has 2 aromatic carbocycles. The van der Waals surface area contributed by atoms with Gasteiger partial charge in [-0.2, -0.15) is 0 Å². The minimum atomic E-state index is 0.169. The minimum absolute atomic E-state index is 0.169. The number of fused-ring (bicyclic) bond motifs is 1. The lowest BCUT2D eigenvalue weighted by molar-refractivity contribution is -0.118. The zero-order valence-electron chi connectivity index (χ0n) is 13.1. The van der Waals surface area contributed by atoms with Crippen molar-refractivity contribution in [3.63, 3.8) is 0 Å². The number of carbonyl (C=O) groups excluding carboxylic acids is 1. The number of nitrogens with one attached hydrogen (secondary N) is 1. The van der Waals surface area contributed by atoms with Gasteiger partial charge in [0.1, 0.15) is 0 Å². The Kier molecular flexibility index (Phi) is 5.34. The van der Waals surface area contributed by atoms with Crippen LogP contribution in [0.1, 0.15) is 27.2 Å². The lowest BCUT2D eigenvalue weighted by Gasteiger charge is -2.23. The van der Waals surface area contributed by atoms with E-state index in [1.165, 1.54) is 5.39 Å². The van der Waals surface area contributed by atoms with Gasteiger partial charge in [0.05, 0.1) is 5.69 Å². The van der Waals surface area contributed by atoms with Crippen LogP contribution in [-0.2, 0) is 4.79 Å². The van der Waals surface area contributed by atoms with Crippen LogP contribution >= 0.6 is 0 Å². The first-order valence-electron chi connectivity index (χ1n) is 7.65. The topological polar surface area (TPSA) is 32.3 Å². The normalized spacial score (nSPS) is 11.0. The molecule has 0 aliphatic carbocycles. The summed E-state index contributed by atoms with van der Waals surface area (Å²) in [5.74, 6) is 0.169. The predicted molar refractivity (Wildman–Crippen MR) is 89.7 cm³/mol. The van der Waals surface area contributed by atoms with Gasteiger partial charge in [-0.25, -0.2) is 0 Å². The molecule has 0 aliphatic heterocycles. The van der Waals surface area contributed by atoms with Crippen molar-refractivity contribution >= 4 is 22.4 Å². The Hall–Kier alpha value is -1.87. The number of carbonyl (C=O) groups is 1. The summed E-state index contributed by atoms with van der Waals surface area (Å²) < 4.78 is 0. The molecular weight excluding hydrogens is 260 g/mol. The fourth-order valence-corrected chi connectivity index (χ4v) is 2.53. The summed E-state index contributed by atoms with van der Waals surface area (Å²) in [6, 6.07) is 14.7. The summed E-state index contributed by atoms with van der Waals surface area (Å²) in [6.07, 6.45) is 0.523. The first-order chi connectivity index (χ1) is 10.1. The molecule has 2 aromatic rings. The van der Waals surface area contributed by atoms with E-state index in [1.54, 1.807) is 0 Å². The van der Waals surface area contributed by atoms with Crippen LogP contribution in [-0.4, -0.2) is 25.0 Å². The molecular formula is C18H24N2O. The monoisotopic (exact) mass is 284 g/mol. The SMILES string of the molecule is CCN(C(=O)CCNC(C)C)c1cccc2ccccc12. The zero-order valence-corrected chi connectivity index (χ0v) is 13.1. The molecule has 0 heterocycles. The Morgan fingerprint density at radius 2 is 1.86 bits per heavy atom. The Bertz CT molecular complexity index is 602. The van der Waals surface area contributed by atoms with E-state index in [2.05, 4.69) is 37.4 Å². The van der Waals surface area contributed by atoms with Crippen LogP contribution in [0.5, 0.6) is 0 Å². The van der Waals surface area contributed by atoms with Crippen LogP contribution in [0.4, 0.5) is 5.69 Å². The van der Waals surface area contributed by atoms with E-state index in [-0.39, 0.29) is 5.91 Å². The Morgan fingerprint density at radius 3 is 2.57 bits per heavy atom. The molecule has 0 fully saturated rings. The summed E-state index contributed by atoms with van der Waals surface area (Å²) >= 11 is 0. The number of anilines is 1. The number of hydrogen-bond donors (Lipinski definition) is 1. The first kappa shape index (κ1) is 15.5. The van der Waals surface area contributed by atoms with Crippen molar-refractivity contribution in [1.29, 1.82) is 0 Å². The fourth-order valence-electron chi connectivity index (χ4n) is 2.53. The van der Waals surface area contributed by atoms with Crippen LogP contribution < -0.4 is 10.2 Å². The van der Waals surface area contributed by atoms with Crippen LogP contribution in [0.15, 0.2) is 42.5 Å². The second kappa shape index (κ2) is 7.23. The van der Waals surface area contributed by atoms with Crippen LogP contribution in [0.25, 0.3) is 10.8 Å². The van der Waals surface area contributed by atoms with Crippen molar-refractivity contribution in [2.24, 2.45) is 0 Å². The van der Waals surface area contributed by atoms with Gasteiger partial charge in [0.2, 0.25) is 5.91 Å². The van der Waals surface area contributed by atoms with Crippen LogP contribution in [0.3, 0.4) is 0 Å². The van der Waals surface area contributed by atoms with Crippen LogP contribution in [0.2, 0.25) is 0 Å². The van der Waals surface area contributed by atoms with Gasteiger partial charge in [0.25, 0.3) is 0 Å². The van der Waals surface area contributed by atoms with Crippen molar-refractivity contribution in [2.45, 2.75) is 33.2 Å². The van der Waals surface area contributed by atoms with Crippen molar-refractivity contribution < 1.29 is 4.79 Å². The summed E-state index contributed by atoms with van der Waals surface area (Å²) in [5, 5.41) is 5.60. The highest BCUT2D eigenvalue weighted by molar-refractivity contribution is 6.03. The second-order valence-corrected chi connectivity index (χ2v) is 5.50. The van der Waals surface area contributed by atoms with Crippen LogP contribution in [0, 0.1) is 0 Å². The van der Waals surface area contributed by atoms with Crippen molar-refractivity contribution in [2.75, 3.05) is 18.0 Å². The molecule has 0 atom stereocenters. The fraction of sp³-hybridized carbons (Fsp3) is 0.389. The molecule has 0 bridgehead atoms. The number of rotatable bonds is 6. The lowest BCUT2D eigenvalue weighted by Crippen LogP contribution is -2.34. The highest BCUT2D eigenvalue weighted by atomic mass is 16.2. The molecule has 3 nitrogen and oxygen atoms in total. The molecule has 0 radical (unpaired) electrons. The second-order valence-electron chi connectivity index (χ2n) is 5.50. The quantitative estimate of drug-likeness (QED) is 0.879. The standard InChI is InChI=1S/C18H24N2O/c1-4-20(18(21)12-13-19-14(2)3)17-11-7-9-15-8-5-6-10-16(15)17/h5-11,14,19H,4,12-13H2,1-3H3. The van der Waals surface area contributed by atoms with Gasteiger partial charge in [-0.1, -0.05) is 50.2 Å². The predicted octanol–water partition coefficient (Wildman–Crippen LogP) is 3.58. The van der Waals surface area contributed by atoms with Gasteiger partial charge in [-0.3, -0.25) is 4.79 Å². The lowest BCUT2D eigenvalue weighted by atomic mass is 10.1. The summed E-state index contributed by atoms with van der Waals surface area (Å²) in [4.78, 5) is 14.4. The average molecular weight is 284 g/mol. The van der Waals surface area contributed by atoms with Gasteiger partial charge in [0.15, 0.2) is 0 Å².